The molecular weight excluding hydrogens is 368 g/mol. The average Bonchev–Trinajstić information content (AvgIpc) is 3.40. The Morgan fingerprint density at radius 2 is 2.00 bits per heavy atom. The molecule has 0 spiro atoms. The third-order valence-electron chi connectivity index (χ3n) is 5.88. The molecule has 7 heteroatoms. The fourth-order valence-corrected chi connectivity index (χ4v) is 4.35. The monoisotopic (exact) mass is 394 g/mol. The molecule has 4 heterocycles. The Morgan fingerprint density at radius 1 is 1.10 bits per heavy atom. The molecule has 1 aromatic carbocycles. The zero-order valence-electron chi connectivity index (χ0n) is 16.9. The molecule has 0 aliphatic carbocycles. The Kier molecular flexibility index (Phi) is 4.75. The van der Waals surface area contributed by atoms with Crippen molar-refractivity contribution in [2.24, 2.45) is 7.05 Å². The van der Waals surface area contributed by atoms with E-state index in [1.807, 2.05) is 29.9 Å². The maximum absolute atomic E-state index is 5.74. The molecule has 7 nitrogen and oxygen atoms in total. The molecule has 1 fully saturated rings. The van der Waals surface area contributed by atoms with Gasteiger partial charge in [-0.2, -0.15) is 5.10 Å². The Balaban J connectivity index is 1.41. The quantitative estimate of drug-likeness (QED) is 0.660. The van der Waals surface area contributed by atoms with E-state index in [4.69, 9.17) is 14.0 Å². The van der Waals surface area contributed by atoms with Crippen molar-refractivity contribution in [3.05, 3.63) is 47.4 Å². The predicted octanol–water partition coefficient (Wildman–Crippen LogP) is 4.23. The molecule has 0 radical (unpaired) electrons. The first-order valence-corrected chi connectivity index (χ1v) is 10.3. The second-order valence-corrected chi connectivity index (χ2v) is 7.93. The van der Waals surface area contributed by atoms with Gasteiger partial charge in [-0.25, -0.2) is 0 Å². The van der Waals surface area contributed by atoms with Crippen molar-refractivity contribution in [3.8, 4) is 22.8 Å². The molecule has 29 heavy (non-hydrogen) atoms. The molecule has 2 aliphatic heterocycles. The summed E-state index contributed by atoms with van der Waals surface area (Å²) >= 11 is 0. The van der Waals surface area contributed by atoms with Crippen LogP contribution in [0, 0.1) is 6.92 Å². The van der Waals surface area contributed by atoms with Crippen LogP contribution in [0.3, 0.4) is 0 Å². The highest BCUT2D eigenvalue weighted by Gasteiger charge is 2.27. The lowest BCUT2D eigenvalue weighted by atomic mass is 10.0. The van der Waals surface area contributed by atoms with Crippen LogP contribution >= 0.6 is 0 Å². The van der Waals surface area contributed by atoms with Gasteiger partial charge in [0.1, 0.15) is 5.69 Å². The standard InChI is InChI=1S/C22H26N4O3/c1-15-17(12-25(2)23-15)13-26-9-5-3-4-6-19(26)18-11-21(29-24-18)16-7-8-20-22(10-16)28-14-27-20/h7-8,10-12,19H,3-6,9,13-14H2,1-2H3/t19-/m1/s1. The summed E-state index contributed by atoms with van der Waals surface area (Å²) in [5.74, 6) is 2.29. The molecule has 2 aliphatic rings. The van der Waals surface area contributed by atoms with Gasteiger partial charge < -0.3 is 14.0 Å². The van der Waals surface area contributed by atoms with Crippen LogP contribution in [0.2, 0.25) is 0 Å². The van der Waals surface area contributed by atoms with Gasteiger partial charge in [0.15, 0.2) is 17.3 Å². The minimum atomic E-state index is 0.253. The predicted molar refractivity (Wildman–Crippen MR) is 108 cm³/mol. The minimum Gasteiger partial charge on any atom is -0.454 e. The van der Waals surface area contributed by atoms with Crippen molar-refractivity contribution in [2.45, 2.75) is 45.2 Å². The lowest BCUT2D eigenvalue weighted by Crippen LogP contribution is -2.28. The van der Waals surface area contributed by atoms with Crippen LogP contribution in [0.4, 0.5) is 0 Å². The van der Waals surface area contributed by atoms with Crippen molar-refractivity contribution >= 4 is 0 Å². The van der Waals surface area contributed by atoms with Gasteiger partial charge in [0.2, 0.25) is 6.79 Å². The summed E-state index contributed by atoms with van der Waals surface area (Å²) in [7, 11) is 1.98. The number of aromatic nitrogens is 3. The van der Waals surface area contributed by atoms with E-state index in [0.29, 0.717) is 0 Å². The maximum Gasteiger partial charge on any atom is 0.231 e. The van der Waals surface area contributed by atoms with Gasteiger partial charge in [-0.15, -0.1) is 0 Å². The lowest BCUT2D eigenvalue weighted by molar-refractivity contribution is 0.174. The highest BCUT2D eigenvalue weighted by molar-refractivity contribution is 5.63. The van der Waals surface area contributed by atoms with Gasteiger partial charge in [0.25, 0.3) is 0 Å². The molecule has 1 saturated heterocycles. The number of nitrogens with zero attached hydrogens (tertiary/aromatic N) is 4. The second kappa shape index (κ2) is 7.55. The number of ether oxygens (including phenoxy) is 2. The van der Waals surface area contributed by atoms with E-state index < -0.39 is 0 Å². The van der Waals surface area contributed by atoms with E-state index >= 15 is 0 Å². The van der Waals surface area contributed by atoms with E-state index in [0.717, 1.165) is 53.7 Å². The molecule has 0 amide bonds. The van der Waals surface area contributed by atoms with Crippen molar-refractivity contribution in [1.82, 2.24) is 19.8 Å². The molecular formula is C22H26N4O3. The number of fused-ring (bicyclic) bond motifs is 1. The van der Waals surface area contributed by atoms with Gasteiger partial charge in [0, 0.05) is 37.0 Å². The van der Waals surface area contributed by atoms with Gasteiger partial charge in [-0.3, -0.25) is 9.58 Å². The minimum absolute atomic E-state index is 0.253. The molecule has 2 aromatic heterocycles. The lowest BCUT2D eigenvalue weighted by Gasteiger charge is -2.28. The molecule has 0 bridgehead atoms. The van der Waals surface area contributed by atoms with Gasteiger partial charge in [0.05, 0.1) is 11.7 Å². The molecule has 0 unspecified atom stereocenters. The summed E-state index contributed by atoms with van der Waals surface area (Å²) in [6, 6.07) is 8.20. The Labute approximate surface area is 170 Å². The van der Waals surface area contributed by atoms with Crippen molar-refractivity contribution in [3.63, 3.8) is 0 Å². The number of benzene rings is 1. The van der Waals surface area contributed by atoms with Crippen LogP contribution < -0.4 is 9.47 Å². The Bertz CT molecular complexity index is 1010. The Morgan fingerprint density at radius 3 is 2.86 bits per heavy atom. The summed E-state index contributed by atoms with van der Waals surface area (Å²) in [6.45, 7) is 4.29. The molecule has 152 valence electrons. The summed E-state index contributed by atoms with van der Waals surface area (Å²) in [5, 5.41) is 8.97. The summed E-state index contributed by atoms with van der Waals surface area (Å²) < 4.78 is 18.5. The molecule has 0 N–H and O–H groups in total. The SMILES string of the molecule is Cc1nn(C)cc1CN1CCCCC[C@@H]1c1cc(-c2ccc3c(c2)OCO3)on1. The van der Waals surface area contributed by atoms with E-state index in [1.54, 1.807) is 0 Å². The number of likely N-dealkylation sites (tertiary alicyclic amines) is 1. The normalized spacial score (nSPS) is 19.4. The fraction of sp³-hybridized carbons (Fsp3) is 0.455. The van der Waals surface area contributed by atoms with Gasteiger partial charge in [-0.1, -0.05) is 18.0 Å². The van der Waals surface area contributed by atoms with Gasteiger partial charge in [-0.05, 0) is 44.5 Å². The smallest absolute Gasteiger partial charge is 0.231 e. The van der Waals surface area contributed by atoms with Crippen molar-refractivity contribution < 1.29 is 14.0 Å². The topological polar surface area (TPSA) is 65.6 Å². The van der Waals surface area contributed by atoms with Crippen LogP contribution in [-0.4, -0.2) is 33.2 Å². The van der Waals surface area contributed by atoms with E-state index in [1.165, 1.54) is 24.8 Å². The highest BCUT2D eigenvalue weighted by Crippen LogP contribution is 2.38. The largest absolute Gasteiger partial charge is 0.454 e. The summed E-state index contributed by atoms with van der Waals surface area (Å²) in [6.07, 6.45) is 6.89. The third kappa shape index (κ3) is 3.62. The van der Waals surface area contributed by atoms with Crippen LogP contribution in [-0.2, 0) is 13.6 Å². The molecule has 0 saturated carbocycles. The fourth-order valence-electron chi connectivity index (χ4n) is 4.35. The van der Waals surface area contributed by atoms with Gasteiger partial charge >= 0.3 is 0 Å². The first kappa shape index (κ1) is 18.2. The molecule has 3 aromatic rings. The van der Waals surface area contributed by atoms with Crippen LogP contribution in [0.25, 0.3) is 11.3 Å². The number of hydrogen-bond donors (Lipinski definition) is 0. The number of hydrogen-bond acceptors (Lipinski definition) is 6. The first-order valence-electron chi connectivity index (χ1n) is 10.3. The average molecular weight is 394 g/mol. The number of aryl methyl sites for hydroxylation is 2. The Hall–Kier alpha value is -2.80. The van der Waals surface area contributed by atoms with E-state index in [-0.39, 0.29) is 12.8 Å². The van der Waals surface area contributed by atoms with Crippen LogP contribution in [0.15, 0.2) is 35.0 Å². The number of rotatable bonds is 4. The summed E-state index contributed by atoms with van der Waals surface area (Å²) in [4.78, 5) is 2.53. The van der Waals surface area contributed by atoms with Crippen LogP contribution in [0.1, 0.15) is 48.7 Å². The van der Waals surface area contributed by atoms with Crippen molar-refractivity contribution in [2.75, 3.05) is 13.3 Å². The first-order chi connectivity index (χ1) is 14.2. The highest BCUT2D eigenvalue weighted by atomic mass is 16.7. The second-order valence-electron chi connectivity index (χ2n) is 7.93. The molecule has 1 atom stereocenters. The summed E-state index contributed by atoms with van der Waals surface area (Å²) in [5.41, 5.74) is 4.33. The zero-order valence-corrected chi connectivity index (χ0v) is 16.9. The third-order valence-corrected chi connectivity index (χ3v) is 5.88. The zero-order chi connectivity index (χ0) is 19.8. The van der Waals surface area contributed by atoms with Crippen molar-refractivity contribution in [1.29, 1.82) is 0 Å². The van der Waals surface area contributed by atoms with Crippen LogP contribution in [0.5, 0.6) is 11.5 Å². The van der Waals surface area contributed by atoms with E-state index in [2.05, 4.69) is 34.3 Å². The maximum atomic E-state index is 5.74. The molecule has 5 rings (SSSR count). The van der Waals surface area contributed by atoms with E-state index in [9.17, 15) is 0 Å².